The number of benzene rings is 1. The number of hydrogen-bond acceptors (Lipinski definition) is 2. The summed E-state index contributed by atoms with van der Waals surface area (Å²) in [4.78, 5) is 0. The van der Waals surface area contributed by atoms with Crippen LogP contribution < -0.4 is 5.32 Å². The molecule has 1 saturated carbocycles. The summed E-state index contributed by atoms with van der Waals surface area (Å²) >= 11 is 0. The second-order valence-corrected chi connectivity index (χ2v) is 6.26. The van der Waals surface area contributed by atoms with E-state index in [1.165, 1.54) is 24.8 Å². The molecule has 0 spiro atoms. The van der Waals surface area contributed by atoms with Crippen molar-refractivity contribution < 1.29 is 5.11 Å². The van der Waals surface area contributed by atoms with Gasteiger partial charge < -0.3 is 10.4 Å². The Labute approximate surface area is 121 Å². The third-order valence-corrected chi connectivity index (χ3v) is 4.95. The highest BCUT2D eigenvalue weighted by atomic mass is 16.3. The predicted molar refractivity (Wildman–Crippen MR) is 82.6 cm³/mol. The summed E-state index contributed by atoms with van der Waals surface area (Å²) in [6, 6.07) is 11.2. The van der Waals surface area contributed by atoms with Crippen molar-refractivity contribution >= 4 is 0 Å². The van der Waals surface area contributed by atoms with E-state index in [-0.39, 0.29) is 6.61 Å². The SMILES string of the molecule is OCCC(CNC1C[C@H]2C=C[C@@H]1CC2)c1ccccc1. The van der Waals surface area contributed by atoms with E-state index >= 15 is 0 Å². The van der Waals surface area contributed by atoms with Crippen LogP contribution in [0.2, 0.25) is 0 Å². The minimum Gasteiger partial charge on any atom is -0.396 e. The lowest BCUT2D eigenvalue weighted by Gasteiger charge is -2.39. The van der Waals surface area contributed by atoms with Gasteiger partial charge in [-0.05, 0) is 49.0 Å². The molecule has 1 aromatic carbocycles. The van der Waals surface area contributed by atoms with Gasteiger partial charge in [0.15, 0.2) is 0 Å². The highest BCUT2D eigenvalue weighted by Crippen LogP contribution is 2.36. The Kier molecular flexibility index (Phi) is 4.54. The van der Waals surface area contributed by atoms with Gasteiger partial charge in [-0.1, -0.05) is 42.5 Å². The lowest BCUT2D eigenvalue weighted by Crippen LogP contribution is -2.44. The van der Waals surface area contributed by atoms with Crippen LogP contribution in [0.15, 0.2) is 42.5 Å². The summed E-state index contributed by atoms with van der Waals surface area (Å²) in [5, 5.41) is 13.1. The minimum atomic E-state index is 0.262. The molecule has 4 atom stereocenters. The molecule has 2 bridgehead atoms. The third-order valence-electron chi connectivity index (χ3n) is 4.95. The first-order valence-electron chi connectivity index (χ1n) is 7.94. The number of nitrogens with one attached hydrogen (secondary N) is 1. The highest BCUT2D eigenvalue weighted by molar-refractivity contribution is 5.20. The number of aliphatic hydroxyl groups is 1. The van der Waals surface area contributed by atoms with E-state index in [4.69, 9.17) is 0 Å². The molecule has 0 aliphatic heterocycles. The fourth-order valence-corrected chi connectivity index (χ4v) is 3.73. The fraction of sp³-hybridized carbons (Fsp3) is 0.556. The maximum Gasteiger partial charge on any atom is 0.0437 e. The smallest absolute Gasteiger partial charge is 0.0437 e. The molecule has 0 heterocycles. The topological polar surface area (TPSA) is 32.3 Å². The molecule has 0 amide bonds. The van der Waals surface area contributed by atoms with Gasteiger partial charge in [0, 0.05) is 19.2 Å². The predicted octanol–water partition coefficient (Wildman–Crippen LogP) is 3.10. The molecular weight excluding hydrogens is 246 g/mol. The van der Waals surface area contributed by atoms with Crippen molar-refractivity contribution in [2.45, 2.75) is 37.6 Å². The van der Waals surface area contributed by atoms with Crippen LogP contribution >= 0.6 is 0 Å². The summed E-state index contributed by atoms with van der Waals surface area (Å²) in [6.07, 6.45) is 9.68. The second kappa shape index (κ2) is 6.55. The van der Waals surface area contributed by atoms with Crippen molar-refractivity contribution in [2.24, 2.45) is 11.8 Å². The lowest BCUT2D eigenvalue weighted by atomic mass is 9.72. The van der Waals surface area contributed by atoms with E-state index in [0.29, 0.717) is 12.0 Å². The lowest BCUT2D eigenvalue weighted by molar-refractivity contribution is 0.232. The third kappa shape index (κ3) is 3.13. The minimum absolute atomic E-state index is 0.262. The molecule has 20 heavy (non-hydrogen) atoms. The maximum atomic E-state index is 9.30. The van der Waals surface area contributed by atoms with Gasteiger partial charge in [0.1, 0.15) is 0 Å². The van der Waals surface area contributed by atoms with Gasteiger partial charge >= 0.3 is 0 Å². The number of allylic oxidation sites excluding steroid dienone is 1. The first kappa shape index (κ1) is 13.8. The molecule has 2 heteroatoms. The molecule has 4 rings (SSSR count). The van der Waals surface area contributed by atoms with E-state index in [1.54, 1.807) is 0 Å². The number of fused-ring (bicyclic) bond motifs is 2. The van der Waals surface area contributed by atoms with Gasteiger partial charge in [-0.2, -0.15) is 0 Å². The van der Waals surface area contributed by atoms with Crippen LogP contribution in [0.1, 0.15) is 37.2 Å². The average Bonchev–Trinajstić information content (AvgIpc) is 2.53. The van der Waals surface area contributed by atoms with Gasteiger partial charge in [-0.15, -0.1) is 0 Å². The van der Waals surface area contributed by atoms with E-state index in [2.05, 4.69) is 47.8 Å². The summed E-state index contributed by atoms with van der Waals surface area (Å²) in [5.41, 5.74) is 1.34. The molecule has 0 aromatic heterocycles. The Morgan fingerprint density at radius 3 is 2.60 bits per heavy atom. The normalized spacial score (nSPS) is 29.6. The van der Waals surface area contributed by atoms with Gasteiger partial charge in [-0.25, -0.2) is 0 Å². The molecule has 3 aliphatic carbocycles. The van der Waals surface area contributed by atoms with Crippen LogP contribution in [0.5, 0.6) is 0 Å². The number of aliphatic hydroxyl groups excluding tert-OH is 1. The van der Waals surface area contributed by atoms with Crippen molar-refractivity contribution in [3.8, 4) is 0 Å². The second-order valence-electron chi connectivity index (χ2n) is 6.26. The first-order chi connectivity index (χ1) is 9.86. The summed E-state index contributed by atoms with van der Waals surface area (Å²) < 4.78 is 0. The molecule has 108 valence electrons. The van der Waals surface area contributed by atoms with E-state index in [0.717, 1.165) is 24.8 Å². The Morgan fingerprint density at radius 2 is 2.00 bits per heavy atom. The quantitative estimate of drug-likeness (QED) is 0.779. The monoisotopic (exact) mass is 271 g/mol. The van der Waals surface area contributed by atoms with Gasteiger partial charge in [-0.3, -0.25) is 0 Å². The van der Waals surface area contributed by atoms with Crippen LogP contribution in [-0.2, 0) is 0 Å². The Balaban J connectivity index is 1.59. The van der Waals surface area contributed by atoms with Crippen molar-refractivity contribution in [3.63, 3.8) is 0 Å². The molecular formula is C18H25NO. The highest BCUT2D eigenvalue weighted by Gasteiger charge is 2.31. The van der Waals surface area contributed by atoms with Crippen LogP contribution in [0.4, 0.5) is 0 Å². The molecule has 0 radical (unpaired) electrons. The largest absolute Gasteiger partial charge is 0.396 e. The van der Waals surface area contributed by atoms with Gasteiger partial charge in [0.05, 0.1) is 0 Å². The zero-order chi connectivity index (χ0) is 13.8. The number of rotatable bonds is 6. The van der Waals surface area contributed by atoms with Crippen LogP contribution in [0.3, 0.4) is 0 Å². The average molecular weight is 271 g/mol. The van der Waals surface area contributed by atoms with Crippen molar-refractivity contribution in [3.05, 3.63) is 48.0 Å². The summed E-state index contributed by atoms with van der Waals surface area (Å²) in [5.74, 6) is 1.95. The zero-order valence-corrected chi connectivity index (χ0v) is 12.0. The van der Waals surface area contributed by atoms with Crippen molar-refractivity contribution in [1.29, 1.82) is 0 Å². The summed E-state index contributed by atoms with van der Waals surface area (Å²) in [7, 11) is 0. The van der Waals surface area contributed by atoms with Crippen molar-refractivity contribution in [1.82, 2.24) is 5.32 Å². The van der Waals surface area contributed by atoms with Crippen LogP contribution in [-0.4, -0.2) is 24.3 Å². The molecule has 3 aliphatic rings. The molecule has 1 fully saturated rings. The maximum absolute atomic E-state index is 9.30. The van der Waals surface area contributed by atoms with Crippen molar-refractivity contribution in [2.75, 3.05) is 13.2 Å². The summed E-state index contributed by atoms with van der Waals surface area (Å²) in [6.45, 7) is 1.24. The zero-order valence-electron chi connectivity index (χ0n) is 12.0. The fourth-order valence-electron chi connectivity index (χ4n) is 3.73. The van der Waals surface area contributed by atoms with Gasteiger partial charge in [0.2, 0.25) is 0 Å². The molecule has 0 saturated heterocycles. The molecule has 2 nitrogen and oxygen atoms in total. The van der Waals surface area contributed by atoms with Gasteiger partial charge in [0.25, 0.3) is 0 Å². The molecule has 1 aromatic rings. The standard InChI is InChI=1S/C18H25NO/c20-11-10-17(15-4-2-1-3-5-15)13-19-18-12-14-6-8-16(18)9-7-14/h1-6,8,14,16-20H,7,9-13H2/t14-,16+,17?,18?/m0/s1. The Bertz CT molecular complexity index is 442. The molecule has 2 unspecified atom stereocenters. The van der Waals surface area contributed by atoms with Crippen LogP contribution in [0, 0.1) is 11.8 Å². The van der Waals surface area contributed by atoms with E-state index in [1.807, 2.05) is 0 Å². The van der Waals surface area contributed by atoms with E-state index in [9.17, 15) is 5.11 Å². The number of hydrogen-bond donors (Lipinski definition) is 2. The van der Waals surface area contributed by atoms with E-state index < -0.39 is 0 Å². The van der Waals surface area contributed by atoms with Crippen LogP contribution in [0.25, 0.3) is 0 Å². The molecule has 2 N–H and O–H groups in total. The first-order valence-corrected chi connectivity index (χ1v) is 7.94. The Hall–Kier alpha value is -1.12. The Morgan fingerprint density at radius 1 is 1.15 bits per heavy atom.